The first kappa shape index (κ1) is 22.7. The monoisotopic (exact) mass is 467 g/mol. The molecule has 4 rings (SSSR count). The summed E-state index contributed by atoms with van der Waals surface area (Å²) in [7, 11) is -3.66. The van der Waals surface area contributed by atoms with Crippen LogP contribution in [0.1, 0.15) is 12.5 Å². The number of sulfonamides is 1. The third-order valence-corrected chi connectivity index (χ3v) is 7.35. The molecule has 0 unspecified atom stereocenters. The van der Waals surface area contributed by atoms with Gasteiger partial charge in [0.25, 0.3) is 5.56 Å². The molecule has 0 bridgehead atoms. The molecule has 0 spiro atoms. The first-order valence-corrected chi connectivity index (χ1v) is 12.0. The van der Waals surface area contributed by atoms with Gasteiger partial charge in [0.05, 0.1) is 10.6 Å². The Bertz CT molecular complexity index is 1310. The fraction of sp³-hybridized carbons (Fsp3) is 0.261. The van der Waals surface area contributed by atoms with Crippen LogP contribution in [0.3, 0.4) is 0 Å². The zero-order valence-electron chi connectivity index (χ0n) is 18.4. The standard InChI is InChI=1S/C23H25N5O4S/c1-17-3-7-20(8-4-17)28-23(30)12-11-22(25-28)26-13-15-27(16-14-26)33(31,32)21-9-5-19(6-10-21)24-18(2)29/h3-12H,13-16H2,1-2H3,(H,24,29). The number of aromatic nitrogens is 2. The Kier molecular flexibility index (Phi) is 6.30. The molecule has 3 aromatic rings. The van der Waals surface area contributed by atoms with Gasteiger partial charge in [0.15, 0.2) is 0 Å². The number of hydrogen-bond acceptors (Lipinski definition) is 6. The van der Waals surface area contributed by atoms with E-state index in [4.69, 9.17) is 0 Å². The molecule has 2 aromatic carbocycles. The van der Waals surface area contributed by atoms with E-state index in [2.05, 4.69) is 10.4 Å². The van der Waals surface area contributed by atoms with Crippen molar-refractivity contribution >= 4 is 27.4 Å². The van der Waals surface area contributed by atoms with Crippen molar-refractivity contribution in [3.63, 3.8) is 0 Å². The Balaban J connectivity index is 1.47. The van der Waals surface area contributed by atoms with Crippen LogP contribution in [-0.4, -0.2) is 54.6 Å². The van der Waals surface area contributed by atoms with Crippen molar-refractivity contribution in [3.8, 4) is 5.69 Å². The number of aryl methyl sites for hydroxylation is 1. The largest absolute Gasteiger partial charge is 0.353 e. The van der Waals surface area contributed by atoms with Gasteiger partial charge < -0.3 is 10.2 Å². The van der Waals surface area contributed by atoms with Crippen LogP contribution in [0.15, 0.2) is 70.4 Å². The summed E-state index contributed by atoms with van der Waals surface area (Å²) in [6.07, 6.45) is 0. The van der Waals surface area contributed by atoms with E-state index in [1.165, 1.54) is 34.1 Å². The van der Waals surface area contributed by atoms with E-state index >= 15 is 0 Å². The summed E-state index contributed by atoms with van der Waals surface area (Å²) in [6, 6.07) is 16.8. The van der Waals surface area contributed by atoms with Crippen molar-refractivity contribution in [2.75, 3.05) is 36.4 Å². The molecule has 0 atom stereocenters. The number of amides is 1. The molecule has 1 aromatic heterocycles. The Morgan fingerprint density at radius 1 is 0.909 bits per heavy atom. The van der Waals surface area contributed by atoms with Gasteiger partial charge in [0, 0.05) is 44.9 Å². The summed E-state index contributed by atoms with van der Waals surface area (Å²) < 4.78 is 28.9. The minimum absolute atomic E-state index is 0.177. The molecule has 1 fully saturated rings. The van der Waals surface area contributed by atoms with E-state index in [1.807, 2.05) is 36.1 Å². The summed E-state index contributed by atoms with van der Waals surface area (Å²) in [4.78, 5) is 25.6. The molecule has 10 heteroatoms. The highest BCUT2D eigenvalue weighted by Gasteiger charge is 2.29. The molecular weight excluding hydrogens is 442 g/mol. The molecule has 172 valence electrons. The number of piperazine rings is 1. The maximum Gasteiger partial charge on any atom is 0.271 e. The quantitative estimate of drug-likeness (QED) is 0.616. The molecule has 1 aliphatic heterocycles. The topological polar surface area (TPSA) is 105 Å². The Morgan fingerprint density at radius 3 is 2.15 bits per heavy atom. The van der Waals surface area contributed by atoms with Crippen molar-refractivity contribution in [1.82, 2.24) is 14.1 Å². The van der Waals surface area contributed by atoms with Gasteiger partial charge in [-0.05, 0) is 49.4 Å². The number of nitrogens with one attached hydrogen (secondary N) is 1. The molecule has 0 radical (unpaired) electrons. The maximum atomic E-state index is 13.0. The second-order valence-electron chi connectivity index (χ2n) is 7.87. The smallest absolute Gasteiger partial charge is 0.271 e. The lowest BCUT2D eigenvalue weighted by Crippen LogP contribution is -2.49. The number of hydrogen-bond donors (Lipinski definition) is 1. The third kappa shape index (κ3) is 4.96. The van der Waals surface area contributed by atoms with Crippen LogP contribution >= 0.6 is 0 Å². The number of carbonyl (C=O) groups is 1. The van der Waals surface area contributed by atoms with Gasteiger partial charge in [-0.25, -0.2) is 8.42 Å². The van der Waals surface area contributed by atoms with Gasteiger partial charge in [-0.1, -0.05) is 17.7 Å². The van der Waals surface area contributed by atoms with Crippen LogP contribution in [-0.2, 0) is 14.8 Å². The number of benzene rings is 2. The molecule has 1 saturated heterocycles. The van der Waals surface area contributed by atoms with Gasteiger partial charge in [-0.15, -0.1) is 5.10 Å². The molecule has 0 saturated carbocycles. The van der Waals surface area contributed by atoms with Gasteiger partial charge in [-0.3, -0.25) is 9.59 Å². The minimum Gasteiger partial charge on any atom is -0.353 e. The number of anilines is 2. The van der Waals surface area contributed by atoms with Crippen molar-refractivity contribution in [1.29, 1.82) is 0 Å². The fourth-order valence-electron chi connectivity index (χ4n) is 3.66. The Morgan fingerprint density at radius 2 is 1.55 bits per heavy atom. The van der Waals surface area contributed by atoms with Crippen molar-refractivity contribution in [2.24, 2.45) is 0 Å². The summed E-state index contributed by atoms with van der Waals surface area (Å²) in [5.41, 5.74) is 2.08. The number of carbonyl (C=O) groups excluding carboxylic acids is 1. The minimum atomic E-state index is -3.66. The Labute approximate surface area is 192 Å². The van der Waals surface area contributed by atoms with Gasteiger partial charge in [0.1, 0.15) is 5.82 Å². The highest BCUT2D eigenvalue weighted by Crippen LogP contribution is 2.21. The lowest BCUT2D eigenvalue weighted by atomic mass is 10.2. The van der Waals surface area contributed by atoms with Crippen LogP contribution in [0.25, 0.3) is 5.69 Å². The average Bonchev–Trinajstić information content (AvgIpc) is 2.80. The van der Waals surface area contributed by atoms with E-state index in [-0.39, 0.29) is 16.4 Å². The van der Waals surface area contributed by atoms with Crippen molar-refractivity contribution < 1.29 is 13.2 Å². The van der Waals surface area contributed by atoms with Crippen LogP contribution in [0.4, 0.5) is 11.5 Å². The molecule has 33 heavy (non-hydrogen) atoms. The third-order valence-electron chi connectivity index (χ3n) is 5.44. The van der Waals surface area contributed by atoms with E-state index in [0.29, 0.717) is 43.4 Å². The molecule has 9 nitrogen and oxygen atoms in total. The first-order valence-electron chi connectivity index (χ1n) is 10.5. The number of nitrogens with zero attached hydrogens (tertiary/aromatic N) is 4. The van der Waals surface area contributed by atoms with Gasteiger partial charge >= 0.3 is 0 Å². The van der Waals surface area contributed by atoms with E-state index in [9.17, 15) is 18.0 Å². The predicted octanol–water partition coefficient (Wildman–Crippen LogP) is 2.01. The molecule has 0 aliphatic carbocycles. The fourth-order valence-corrected chi connectivity index (χ4v) is 5.08. The summed E-state index contributed by atoms with van der Waals surface area (Å²) in [6.45, 7) is 4.85. The molecular formula is C23H25N5O4S. The lowest BCUT2D eigenvalue weighted by molar-refractivity contribution is -0.114. The van der Waals surface area contributed by atoms with E-state index < -0.39 is 10.0 Å². The molecule has 1 amide bonds. The summed E-state index contributed by atoms with van der Waals surface area (Å²) >= 11 is 0. The van der Waals surface area contributed by atoms with Crippen LogP contribution in [0, 0.1) is 6.92 Å². The SMILES string of the molecule is CC(=O)Nc1ccc(S(=O)(=O)N2CCN(c3ccc(=O)n(-c4ccc(C)cc4)n3)CC2)cc1. The van der Waals surface area contributed by atoms with Crippen LogP contribution in [0.5, 0.6) is 0 Å². The second kappa shape index (κ2) is 9.16. The zero-order chi connectivity index (χ0) is 23.6. The summed E-state index contributed by atoms with van der Waals surface area (Å²) in [5.74, 6) is 0.399. The summed E-state index contributed by atoms with van der Waals surface area (Å²) in [5, 5.41) is 7.13. The van der Waals surface area contributed by atoms with Gasteiger partial charge in [-0.2, -0.15) is 8.99 Å². The normalized spacial score (nSPS) is 14.8. The Hall–Kier alpha value is -3.50. The van der Waals surface area contributed by atoms with Crippen LogP contribution < -0.4 is 15.8 Å². The van der Waals surface area contributed by atoms with Gasteiger partial charge in [0.2, 0.25) is 15.9 Å². The molecule has 1 N–H and O–H groups in total. The van der Waals surface area contributed by atoms with Crippen molar-refractivity contribution in [2.45, 2.75) is 18.7 Å². The van der Waals surface area contributed by atoms with Crippen molar-refractivity contribution in [3.05, 3.63) is 76.6 Å². The second-order valence-corrected chi connectivity index (χ2v) is 9.81. The van der Waals surface area contributed by atoms with E-state index in [0.717, 1.165) is 5.56 Å². The zero-order valence-corrected chi connectivity index (χ0v) is 19.2. The molecule has 1 aliphatic rings. The lowest BCUT2D eigenvalue weighted by Gasteiger charge is -2.34. The predicted molar refractivity (Wildman–Crippen MR) is 126 cm³/mol. The molecule has 2 heterocycles. The average molecular weight is 468 g/mol. The highest BCUT2D eigenvalue weighted by atomic mass is 32.2. The highest BCUT2D eigenvalue weighted by molar-refractivity contribution is 7.89. The maximum absolute atomic E-state index is 13.0. The van der Waals surface area contributed by atoms with E-state index in [1.54, 1.807) is 18.2 Å². The first-order chi connectivity index (χ1) is 15.7. The van der Waals surface area contributed by atoms with Crippen LogP contribution in [0.2, 0.25) is 0 Å². The number of rotatable bonds is 5.